The van der Waals surface area contributed by atoms with Gasteiger partial charge < -0.3 is 9.47 Å². The summed E-state index contributed by atoms with van der Waals surface area (Å²) in [5.74, 6) is 0.706. The van der Waals surface area contributed by atoms with Gasteiger partial charge in [-0.15, -0.1) is 0 Å². The van der Waals surface area contributed by atoms with E-state index >= 15 is 0 Å². The summed E-state index contributed by atoms with van der Waals surface area (Å²) in [4.78, 5) is 14.1. The number of aromatic nitrogens is 3. The van der Waals surface area contributed by atoms with Crippen molar-refractivity contribution >= 4 is 18.2 Å². The van der Waals surface area contributed by atoms with Crippen LogP contribution in [0.3, 0.4) is 0 Å². The van der Waals surface area contributed by atoms with Gasteiger partial charge in [0, 0.05) is 19.2 Å². The largest absolute Gasteiger partial charge is 0.497 e. The maximum absolute atomic E-state index is 11.8. The molecule has 1 saturated heterocycles. The van der Waals surface area contributed by atoms with E-state index in [2.05, 4.69) is 10.00 Å². The maximum Gasteiger partial charge on any atom is 0.309 e. The van der Waals surface area contributed by atoms with E-state index < -0.39 is 0 Å². The van der Waals surface area contributed by atoms with Crippen LogP contribution >= 0.6 is 12.2 Å². The zero-order valence-corrected chi connectivity index (χ0v) is 15.9. The molecule has 0 N–H and O–H groups in total. The summed E-state index contributed by atoms with van der Waals surface area (Å²) < 4.78 is 14.7. The normalized spacial score (nSPS) is 15.8. The van der Waals surface area contributed by atoms with Gasteiger partial charge in [-0.05, 0) is 44.1 Å². The number of piperidine rings is 1. The molecule has 0 aliphatic carbocycles. The molecule has 1 aliphatic heterocycles. The Bertz CT molecular complexity index is 809. The molecule has 0 bridgehead atoms. The molecule has 0 unspecified atom stereocenters. The van der Waals surface area contributed by atoms with Gasteiger partial charge in [-0.3, -0.25) is 14.3 Å². The summed E-state index contributed by atoms with van der Waals surface area (Å²) in [5, 5.41) is 4.43. The summed E-state index contributed by atoms with van der Waals surface area (Å²) >= 11 is 5.58. The molecule has 8 heteroatoms. The smallest absolute Gasteiger partial charge is 0.309 e. The van der Waals surface area contributed by atoms with E-state index in [0.717, 1.165) is 37.4 Å². The van der Waals surface area contributed by atoms with Crippen LogP contribution in [0.4, 0.5) is 0 Å². The number of ether oxygens (including phenoxy) is 2. The lowest BCUT2D eigenvalue weighted by atomic mass is 9.97. The molecular formula is C18H24N4O3S. The number of hydrogen-bond acceptors (Lipinski definition) is 6. The number of methoxy groups -OCH3 is 1. The van der Waals surface area contributed by atoms with Crippen LogP contribution in [-0.2, 0) is 16.2 Å². The Hall–Kier alpha value is -2.19. The predicted octanol–water partition coefficient (Wildman–Crippen LogP) is 2.64. The van der Waals surface area contributed by atoms with E-state index in [9.17, 15) is 4.79 Å². The molecule has 2 aromatic rings. The van der Waals surface area contributed by atoms with Gasteiger partial charge in [0.15, 0.2) is 0 Å². The molecule has 1 aromatic heterocycles. The van der Waals surface area contributed by atoms with E-state index in [1.165, 1.54) is 0 Å². The zero-order chi connectivity index (χ0) is 18.5. The van der Waals surface area contributed by atoms with Crippen LogP contribution in [0.5, 0.6) is 5.75 Å². The van der Waals surface area contributed by atoms with Crippen molar-refractivity contribution in [2.75, 3.05) is 26.8 Å². The minimum atomic E-state index is -0.0777. The maximum atomic E-state index is 11.8. The summed E-state index contributed by atoms with van der Waals surface area (Å²) in [7, 11) is 1.64. The van der Waals surface area contributed by atoms with Crippen molar-refractivity contribution in [3.05, 3.63) is 35.4 Å². The van der Waals surface area contributed by atoms with Gasteiger partial charge in [0.05, 0.1) is 32.0 Å². The minimum absolute atomic E-state index is 0.00788. The molecule has 0 radical (unpaired) electrons. The first kappa shape index (κ1) is 18.6. The molecule has 0 atom stereocenters. The monoisotopic (exact) mass is 376 g/mol. The zero-order valence-electron chi connectivity index (χ0n) is 15.1. The van der Waals surface area contributed by atoms with Gasteiger partial charge in [-0.2, -0.15) is 5.10 Å². The molecule has 7 nitrogen and oxygen atoms in total. The van der Waals surface area contributed by atoms with Crippen LogP contribution in [0.2, 0.25) is 0 Å². The molecule has 0 saturated carbocycles. The topological polar surface area (TPSA) is 61.5 Å². The lowest BCUT2D eigenvalue weighted by Gasteiger charge is -2.30. The Morgan fingerprint density at radius 1 is 1.35 bits per heavy atom. The molecule has 140 valence electrons. The van der Waals surface area contributed by atoms with Crippen LogP contribution in [0.25, 0.3) is 5.69 Å². The first-order valence-electron chi connectivity index (χ1n) is 8.80. The minimum Gasteiger partial charge on any atom is -0.497 e. The lowest BCUT2D eigenvalue weighted by Crippen LogP contribution is -2.38. The van der Waals surface area contributed by atoms with Crippen molar-refractivity contribution in [3.8, 4) is 11.4 Å². The van der Waals surface area contributed by atoms with Gasteiger partial charge in [0.1, 0.15) is 12.1 Å². The highest BCUT2D eigenvalue weighted by molar-refractivity contribution is 7.71. The third kappa shape index (κ3) is 4.13. The molecule has 0 spiro atoms. The fraction of sp³-hybridized carbons (Fsp3) is 0.500. The van der Waals surface area contributed by atoms with Crippen molar-refractivity contribution < 1.29 is 14.3 Å². The lowest BCUT2D eigenvalue weighted by molar-refractivity contribution is -0.149. The molecule has 1 fully saturated rings. The first-order valence-corrected chi connectivity index (χ1v) is 9.21. The number of hydrogen-bond donors (Lipinski definition) is 0. The van der Waals surface area contributed by atoms with E-state index in [4.69, 9.17) is 21.7 Å². The highest BCUT2D eigenvalue weighted by Crippen LogP contribution is 2.20. The van der Waals surface area contributed by atoms with Crippen molar-refractivity contribution in [1.82, 2.24) is 19.2 Å². The third-order valence-corrected chi connectivity index (χ3v) is 5.01. The second kappa shape index (κ2) is 8.46. The van der Waals surface area contributed by atoms with Crippen LogP contribution in [0, 0.1) is 10.7 Å². The van der Waals surface area contributed by atoms with Crippen molar-refractivity contribution in [3.63, 3.8) is 0 Å². The molecule has 2 heterocycles. The van der Waals surface area contributed by atoms with Crippen LogP contribution < -0.4 is 4.74 Å². The highest BCUT2D eigenvalue weighted by Gasteiger charge is 2.26. The number of carbonyl (C=O) groups is 1. The number of benzene rings is 1. The number of rotatable bonds is 6. The molecule has 1 aliphatic rings. The fourth-order valence-corrected chi connectivity index (χ4v) is 3.39. The summed E-state index contributed by atoms with van der Waals surface area (Å²) in [6.45, 7) is 4.56. The second-order valence-electron chi connectivity index (χ2n) is 6.27. The predicted molar refractivity (Wildman–Crippen MR) is 99.9 cm³/mol. The van der Waals surface area contributed by atoms with Gasteiger partial charge in [0.2, 0.25) is 4.77 Å². The highest BCUT2D eigenvalue weighted by atomic mass is 32.1. The van der Waals surface area contributed by atoms with Gasteiger partial charge >= 0.3 is 5.97 Å². The first-order chi connectivity index (χ1) is 12.6. The van der Waals surface area contributed by atoms with Crippen LogP contribution in [0.1, 0.15) is 19.8 Å². The second-order valence-corrected chi connectivity index (χ2v) is 6.64. The Morgan fingerprint density at radius 2 is 2.12 bits per heavy atom. The molecule has 1 aromatic carbocycles. The molecule has 26 heavy (non-hydrogen) atoms. The quantitative estimate of drug-likeness (QED) is 0.571. The van der Waals surface area contributed by atoms with E-state index in [0.29, 0.717) is 18.0 Å². The Morgan fingerprint density at radius 3 is 2.81 bits per heavy atom. The molecule has 0 amide bonds. The Balaban J connectivity index is 1.64. The van der Waals surface area contributed by atoms with Gasteiger partial charge in [0.25, 0.3) is 0 Å². The van der Waals surface area contributed by atoms with Crippen LogP contribution in [-0.4, -0.2) is 52.0 Å². The number of carbonyl (C=O) groups excluding carboxylic acids is 1. The average Bonchev–Trinajstić information content (AvgIpc) is 3.03. The van der Waals surface area contributed by atoms with Gasteiger partial charge in [-0.1, -0.05) is 6.07 Å². The van der Waals surface area contributed by atoms with Crippen molar-refractivity contribution in [1.29, 1.82) is 0 Å². The summed E-state index contributed by atoms with van der Waals surface area (Å²) in [6.07, 6.45) is 3.34. The van der Waals surface area contributed by atoms with Crippen molar-refractivity contribution in [2.45, 2.75) is 26.4 Å². The fourth-order valence-electron chi connectivity index (χ4n) is 3.13. The summed E-state index contributed by atoms with van der Waals surface area (Å²) in [5.41, 5.74) is 0.918. The van der Waals surface area contributed by atoms with E-state index in [1.54, 1.807) is 18.1 Å². The SMILES string of the molecule is CCOC(=O)C1CCN(Cn2ncn(-c3cccc(OC)c3)c2=S)CC1. The summed E-state index contributed by atoms with van der Waals surface area (Å²) in [6, 6.07) is 7.71. The van der Waals surface area contributed by atoms with E-state index in [1.807, 2.05) is 35.8 Å². The Labute approximate surface area is 158 Å². The van der Waals surface area contributed by atoms with Crippen molar-refractivity contribution in [2.24, 2.45) is 5.92 Å². The molecular weight excluding hydrogens is 352 g/mol. The standard InChI is InChI=1S/C18H24N4O3S/c1-3-25-17(23)14-7-9-20(10-8-14)13-22-18(26)21(12-19-22)15-5-4-6-16(11-15)24-2/h4-6,11-12,14H,3,7-10,13H2,1-2H3. The number of likely N-dealkylation sites (tertiary alicyclic amines) is 1. The average molecular weight is 376 g/mol. The number of esters is 1. The Kier molecular flexibility index (Phi) is 6.05. The van der Waals surface area contributed by atoms with Gasteiger partial charge in [-0.25, -0.2) is 4.68 Å². The number of nitrogens with zero attached hydrogens (tertiary/aromatic N) is 4. The molecule has 3 rings (SSSR count). The van der Waals surface area contributed by atoms with Crippen LogP contribution in [0.15, 0.2) is 30.6 Å². The van der Waals surface area contributed by atoms with E-state index in [-0.39, 0.29) is 11.9 Å². The third-order valence-electron chi connectivity index (χ3n) is 4.61.